The fourth-order valence-electron chi connectivity index (χ4n) is 3.20. The SMILES string of the molecule is C.C.CCC.CCC.Cc1ccccc1OCC1CO1.Cc1ccccc1OCC1CO1.Cc1ccccc1OCC1CO1. The zero-order chi connectivity index (χ0) is 30.6. The van der Waals surface area contributed by atoms with Crippen LogP contribution in [0.25, 0.3) is 0 Å². The smallest absolute Gasteiger partial charge is 0.122 e. The van der Waals surface area contributed by atoms with E-state index in [-0.39, 0.29) is 14.9 Å². The van der Waals surface area contributed by atoms with E-state index in [0.717, 1.165) is 37.1 Å². The van der Waals surface area contributed by atoms with E-state index in [1.54, 1.807) is 0 Å². The summed E-state index contributed by atoms with van der Waals surface area (Å²) in [6, 6.07) is 24.1. The third-order valence-electron chi connectivity index (χ3n) is 5.76. The van der Waals surface area contributed by atoms with Crippen LogP contribution in [0.4, 0.5) is 0 Å². The molecule has 6 rings (SSSR count). The van der Waals surface area contributed by atoms with E-state index in [4.69, 9.17) is 28.4 Å². The van der Waals surface area contributed by atoms with Gasteiger partial charge in [-0.2, -0.15) is 0 Å². The molecule has 248 valence electrons. The molecule has 3 aliphatic rings. The summed E-state index contributed by atoms with van der Waals surface area (Å²) in [4.78, 5) is 0. The van der Waals surface area contributed by atoms with Gasteiger partial charge in [0.05, 0.1) is 19.8 Å². The standard InChI is InChI=1S/3C10H12O2.2C3H8.2CH4/c3*1-8-4-2-3-5-10(8)12-7-9-6-11-9;2*1-3-2;;/h3*2-5,9H,6-7H2,1H3;2*3H2,1-2H3;2*1H4. The van der Waals surface area contributed by atoms with E-state index >= 15 is 0 Å². The zero-order valence-corrected chi connectivity index (χ0v) is 26.8. The molecule has 3 heterocycles. The van der Waals surface area contributed by atoms with Crippen molar-refractivity contribution in [3.8, 4) is 17.2 Å². The van der Waals surface area contributed by atoms with Gasteiger partial charge in [0, 0.05) is 0 Å². The Balaban J connectivity index is 0.000000566. The second-order valence-corrected chi connectivity index (χ2v) is 10.5. The molecule has 0 saturated carbocycles. The van der Waals surface area contributed by atoms with Crippen molar-refractivity contribution in [1.29, 1.82) is 0 Å². The summed E-state index contributed by atoms with van der Waals surface area (Å²) in [7, 11) is 0. The minimum absolute atomic E-state index is 0. The van der Waals surface area contributed by atoms with Gasteiger partial charge >= 0.3 is 0 Å². The van der Waals surface area contributed by atoms with Gasteiger partial charge in [0.25, 0.3) is 0 Å². The van der Waals surface area contributed by atoms with E-state index in [1.165, 1.54) is 29.5 Å². The Bertz CT molecular complexity index is 967. The number of benzene rings is 3. The summed E-state index contributed by atoms with van der Waals surface area (Å²) < 4.78 is 31.7. The molecule has 0 aromatic heterocycles. The quantitative estimate of drug-likeness (QED) is 0.224. The molecule has 3 unspecified atom stereocenters. The molecule has 3 atom stereocenters. The van der Waals surface area contributed by atoms with Crippen LogP contribution < -0.4 is 14.2 Å². The predicted molar refractivity (Wildman–Crippen MR) is 185 cm³/mol. The van der Waals surface area contributed by atoms with Gasteiger partial charge in [0.1, 0.15) is 55.4 Å². The maximum atomic E-state index is 5.54. The van der Waals surface area contributed by atoms with Gasteiger partial charge in [0.15, 0.2) is 0 Å². The van der Waals surface area contributed by atoms with Crippen molar-refractivity contribution in [2.75, 3.05) is 39.6 Å². The molecule has 0 N–H and O–H groups in total. The lowest BCUT2D eigenvalue weighted by Crippen LogP contribution is -2.04. The molecule has 6 heteroatoms. The summed E-state index contributed by atoms with van der Waals surface area (Å²) in [5.74, 6) is 2.90. The number of para-hydroxylation sites is 3. The van der Waals surface area contributed by atoms with Gasteiger partial charge in [-0.1, -0.05) is 110 Å². The van der Waals surface area contributed by atoms with Crippen LogP contribution in [0.5, 0.6) is 17.2 Å². The summed E-state index contributed by atoms with van der Waals surface area (Å²) in [5.41, 5.74) is 3.54. The van der Waals surface area contributed by atoms with Gasteiger partial charge in [-0.05, 0) is 55.7 Å². The average Bonchev–Trinajstić information content (AvgIpc) is 3.82. The predicted octanol–water partition coefficient (Wildman–Crippen LogP) is 9.42. The molecule has 6 nitrogen and oxygen atoms in total. The Morgan fingerprint density at radius 3 is 0.864 bits per heavy atom. The molecular weight excluding hydrogens is 552 g/mol. The van der Waals surface area contributed by atoms with Crippen molar-refractivity contribution in [3.05, 3.63) is 89.5 Å². The fourth-order valence-corrected chi connectivity index (χ4v) is 3.20. The fraction of sp³-hybridized carbons (Fsp3) is 0.526. The van der Waals surface area contributed by atoms with Crippen LogP contribution in [0, 0.1) is 20.8 Å². The highest BCUT2D eigenvalue weighted by atomic mass is 16.6. The molecule has 3 saturated heterocycles. The maximum absolute atomic E-state index is 5.54. The Labute approximate surface area is 269 Å². The number of hydrogen-bond donors (Lipinski definition) is 0. The monoisotopic (exact) mass is 612 g/mol. The molecule has 3 aromatic rings. The van der Waals surface area contributed by atoms with E-state index in [1.807, 2.05) is 93.6 Å². The van der Waals surface area contributed by atoms with E-state index < -0.39 is 0 Å². The van der Waals surface area contributed by atoms with E-state index in [2.05, 4.69) is 27.7 Å². The van der Waals surface area contributed by atoms with Gasteiger partial charge < -0.3 is 28.4 Å². The lowest BCUT2D eigenvalue weighted by atomic mass is 10.2. The minimum atomic E-state index is 0. The first-order valence-corrected chi connectivity index (χ1v) is 15.3. The summed E-state index contributed by atoms with van der Waals surface area (Å²) in [6.07, 6.45) is 3.51. The normalized spacial score (nSPS) is 17.7. The molecule has 0 amide bonds. The lowest BCUT2D eigenvalue weighted by Gasteiger charge is -2.06. The molecular formula is C38H60O6. The van der Waals surface area contributed by atoms with Crippen LogP contribution in [-0.2, 0) is 14.2 Å². The first-order valence-electron chi connectivity index (χ1n) is 15.3. The van der Waals surface area contributed by atoms with Crippen molar-refractivity contribution in [2.45, 2.75) is 94.5 Å². The molecule has 3 aliphatic heterocycles. The van der Waals surface area contributed by atoms with Crippen molar-refractivity contribution in [2.24, 2.45) is 0 Å². The highest BCUT2D eigenvalue weighted by Crippen LogP contribution is 2.20. The number of hydrogen-bond acceptors (Lipinski definition) is 6. The van der Waals surface area contributed by atoms with Crippen LogP contribution in [0.15, 0.2) is 72.8 Å². The van der Waals surface area contributed by atoms with Crippen LogP contribution in [0.3, 0.4) is 0 Å². The van der Waals surface area contributed by atoms with Crippen molar-refractivity contribution in [1.82, 2.24) is 0 Å². The largest absolute Gasteiger partial charge is 0.491 e. The van der Waals surface area contributed by atoms with Gasteiger partial charge in [-0.15, -0.1) is 0 Å². The van der Waals surface area contributed by atoms with Crippen LogP contribution in [-0.4, -0.2) is 58.0 Å². The highest BCUT2D eigenvalue weighted by molar-refractivity contribution is 5.33. The highest BCUT2D eigenvalue weighted by Gasteiger charge is 2.24. The molecule has 0 radical (unpaired) electrons. The Morgan fingerprint density at radius 1 is 0.477 bits per heavy atom. The van der Waals surface area contributed by atoms with Crippen LogP contribution in [0.1, 0.15) is 72.1 Å². The van der Waals surface area contributed by atoms with E-state index in [9.17, 15) is 0 Å². The number of epoxide rings is 3. The molecule has 44 heavy (non-hydrogen) atoms. The number of aryl methyl sites for hydroxylation is 3. The number of rotatable bonds is 9. The molecule has 3 fully saturated rings. The van der Waals surface area contributed by atoms with Crippen LogP contribution >= 0.6 is 0 Å². The molecule has 0 bridgehead atoms. The zero-order valence-electron chi connectivity index (χ0n) is 26.8. The summed E-state index contributed by atoms with van der Waals surface area (Å²) in [5, 5.41) is 0. The number of ether oxygens (including phenoxy) is 6. The molecule has 0 spiro atoms. The Hall–Kier alpha value is -3.06. The van der Waals surface area contributed by atoms with Crippen LogP contribution in [0.2, 0.25) is 0 Å². The third kappa shape index (κ3) is 19.3. The first kappa shape index (κ1) is 40.9. The third-order valence-corrected chi connectivity index (χ3v) is 5.76. The Morgan fingerprint density at radius 2 is 0.682 bits per heavy atom. The minimum Gasteiger partial charge on any atom is -0.491 e. The van der Waals surface area contributed by atoms with Gasteiger partial charge in [0.2, 0.25) is 0 Å². The van der Waals surface area contributed by atoms with Crippen molar-refractivity contribution in [3.63, 3.8) is 0 Å². The average molecular weight is 613 g/mol. The second-order valence-electron chi connectivity index (χ2n) is 10.5. The van der Waals surface area contributed by atoms with Crippen molar-refractivity contribution < 1.29 is 28.4 Å². The van der Waals surface area contributed by atoms with Crippen molar-refractivity contribution >= 4 is 0 Å². The summed E-state index contributed by atoms with van der Waals surface area (Å²) >= 11 is 0. The topological polar surface area (TPSA) is 65.3 Å². The molecule has 0 aliphatic carbocycles. The molecule has 3 aromatic carbocycles. The van der Waals surface area contributed by atoms with Gasteiger partial charge in [-0.3, -0.25) is 0 Å². The van der Waals surface area contributed by atoms with E-state index in [0.29, 0.717) is 38.1 Å². The summed E-state index contributed by atoms with van der Waals surface area (Å²) in [6.45, 7) is 19.2. The Kier molecular flexibility index (Phi) is 22.6. The maximum Gasteiger partial charge on any atom is 0.122 e. The second kappa shape index (κ2) is 24.3. The lowest BCUT2D eigenvalue weighted by molar-refractivity contribution is 0.262. The van der Waals surface area contributed by atoms with Gasteiger partial charge in [-0.25, -0.2) is 0 Å². The first-order chi connectivity index (χ1) is 20.4.